The van der Waals surface area contributed by atoms with Gasteiger partial charge in [0, 0.05) is 25.8 Å². The molecule has 1 atom stereocenters. The van der Waals surface area contributed by atoms with Crippen LogP contribution in [0.25, 0.3) is 0 Å². The topological polar surface area (TPSA) is 75.7 Å². The predicted molar refractivity (Wildman–Crippen MR) is 80.1 cm³/mol. The molecule has 1 aliphatic rings. The number of amides is 3. The summed E-state index contributed by atoms with van der Waals surface area (Å²) >= 11 is 0. The van der Waals surface area contributed by atoms with E-state index in [0.717, 1.165) is 16.2 Å². The van der Waals surface area contributed by atoms with Crippen molar-refractivity contribution in [2.75, 3.05) is 13.7 Å². The molecule has 0 aliphatic carbocycles. The van der Waals surface area contributed by atoms with Crippen LogP contribution in [0.3, 0.4) is 0 Å². The fourth-order valence-electron chi connectivity index (χ4n) is 2.38. The molecule has 1 fully saturated rings. The number of nitrogens with one attached hydrogen (secondary N) is 1. The van der Waals surface area contributed by atoms with Gasteiger partial charge >= 0.3 is 0 Å². The molecule has 0 spiro atoms. The smallest absolute Gasteiger partial charge is 0.229 e. The van der Waals surface area contributed by atoms with Gasteiger partial charge in [-0.2, -0.15) is 0 Å². The molecule has 118 valence electrons. The molecule has 0 bridgehead atoms. The Kier molecular flexibility index (Phi) is 5.14. The molecular weight excluding hydrogens is 284 g/mol. The van der Waals surface area contributed by atoms with Crippen LogP contribution in [0.2, 0.25) is 0 Å². The maximum Gasteiger partial charge on any atom is 0.229 e. The predicted octanol–water partition coefficient (Wildman–Crippen LogP) is 1.41. The second-order valence-electron chi connectivity index (χ2n) is 5.25. The molecule has 3 amide bonds. The number of likely N-dealkylation sites (tertiary alicyclic amines) is 1. The lowest BCUT2D eigenvalue weighted by Crippen LogP contribution is -2.34. The van der Waals surface area contributed by atoms with Gasteiger partial charge in [-0.15, -0.1) is 0 Å². The summed E-state index contributed by atoms with van der Waals surface area (Å²) in [5.74, 6) is 0.186. The van der Waals surface area contributed by atoms with Gasteiger partial charge in [0.2, 0.25) is 17.7 Å². The maximum absolute atomic E-state index is 11.9. The molecule has 1 N–H and O–H groups in total. The quantitative estimate of drug-likeness (QED) is 0.806. The third kappa shape index (κ3) is 3.84. The van der Waals surface area contributed by atoms with Crippen molar-refractivity contribution in [1.29, 1.82) is 0 Å². The highest BCUT2D eigenvalue weighted by Gasteiger charge is 2.28. The van der Waals surface area contributed by atoms with Crippen LogP contribution in [0, 0.1) is 0 Å². The number of rotatable bonds is 6. The van der Waals surface area contributed by atoms with Gasteiger partial charge in [0.25, 0.3) is 0 Å². The van der Waals surface area contributed by atoms with Crippen LogP contribution in [-0.4, -0.2) is 36.3 Å². The van der Waals surface area contributed by atoms with E-state index in [1.54, 1.807) is 7.11 Å². The number of carbonyl (C=O) groups excluding carboxylic acids is 3. The zero-order chi connectivity index (χ0) is 16.1. The van der Waals surface area contributed by atoms with Gasteiger partial charge in [0.05, 0.1) is 13.2 Å². The Balaban J connectivity index is 1.83. The molecule has 1 aromatic rings. The average molecular weight is 304 g/mol. The molecule has 1 aliphatic heterocycles. The van der Waals surface area contributed by atoms with E-state index in [0.29, 0.717) is 0 Å². The zero-order valence-corrected chi connectivity index (χ0v) is 12.8. The van der Waals surface area contributed by atoms with E-state index in [1.807, 2.05) is 31.2 Å². The SMILES string of the molecule is COc1ccc([C@H](C)NC(=O)CCN2C(=O)CCC2=O)cc1. The van der Waals surface area contributed by atoms with Crippen molar-refractivity contribution >= 4 is 17.7 Å². The lowest BCUT2D eigenvalue weighted by molar-refractivity contribution is -0.138. The molecule has 1 heterocycles. The fraction of sp³-hybridized carbons (Fsp3) is 0.438. The third-order valence-electron chi connectivity index (χ3n) is 3.71. The van der Waals surface area contributed by atoms with Crippen LogP contribution in [0.15, 0.2) is 24.3 Å². The highest BCUT2D eigenvalue weighted by atomic mass is 16.5. The number of methoxy groups -OCH3 is 1. The molecule has 2 rings (SSSR count). The van der Waals surface area contributed by atoms with Gasteiger partial charge < -0.3 is 10.1 Å². The Morgan fingerprint density at radius 2 is 1.82 bits per heavy atom. The molecule has 1 saturated heterocycles. The second-order valence-corrected chi connectivity index (χ2v) is 5.25. The number of carbonyl (C=O) groups is 3. The van der Waals surface area contributed by atoms with Gasteiger partial charge in [0.15, 0.2) is 0 Å². The first-order valence-corrected chi connectivity index (χ1v) is 7.27. The summed E-state index contributed by atoms with van der Waals surface area (Å²) in [5.41, 5.74) is 0.961. The minimum Gasteiger partial charge on any atom is -0.497 e. The maximum atomic E-state index is 11.9. The first-order chi connectivity index (χ1) is 10.5. The first kappa shape index (κ1) is 16.0. The van der Waals surface area contributed by atoms with Gasteiger partial charge in [-0.3, -0.25) is 19.3 Å². The van der Waals surface area contributed by atoms with Crippen LogP contribution < -0.4 is 10.1 Å². The molecule has 6 nitrogen and oxygen atoms in total. The second kappa shape index (κ2) is 7.06. The normalized spacial score (nSPS) is 15.8. The monoisotopic (exact) mass is 304 g/mol. The summed E-state index contributed by atoms with van der Waals surface area (Å²) in [5, 5.41) is 2.86. The lowest BCUT2D eigenvalue weighted by Gasteiger charge is -2.17. The summed E-state index contributed by atoms with van der Waals surface area (Å²) in [6.07, 6.45) is 0.628. The zero-order valence-electron chi connectivity index (χ0n) is 12.8. The summed E-state index contributed by atoms with van der Waals surface area (Å²) in [4.78, 5) is 36.0. The fourth-order valence-corrected chi connectivity index (χ4v) is 2.38. The van der Waals surface area contributed by atoms with E-state index in [4.69, 9.17) is 4.74 Å². The molecule has 0 aromatic heterocycles. The molecule has 0 saturated carbocycles. The average Bonchev–Trinajstić information content (AvgIpc) is 2.84. The lowest BCUT2D eigenvalue weighted by atomic mass is 10.1. The van der Waals surface area contributed by atoms with Crippen LogP contribution in [0.5, 0.6) is 5.75 Å². The summed E-state index contributed by atoms with van der Waals surface area (Å²) in [6.45, 7) is 2.03. The Hall–Kier alpha value is -2.37. The molecular formula is C16H20N2O4. The standard InChI is InChI=1S/C16H20N2O4/c1-11(12-3-5-13(22-2)6-4-12)17-14(19)9-10-18-15(20)7-8-16(18)21/h3-6,11H,7-10H2,1-2H3,(H,17,19)/t11-/m0/s1. The highest BCUT2D eigenvalue weighted by Crippen LogP contribution is 2.17. The van der Waals surface area contributed by atoms with Crippen LogP contribution in [-0.2, 0) is 14.4 Å². The molecule has 0 unspecified atom stereocenters. The largest absolute Gasteiger partial charge is 0.497 e. The van der Waals surface area contributed by atoms with E-state index in [2.05, 4.69) is 5.32 Å². The van der Waals surface area contributed by atoms with Crippen molar-refractivity contribution in [2.45, 2.75) is 32.2 Å². The van der Waals surface area contributed by atoms with E-state index >= 15 is 0 Å². The van der Waals surface area contributed by atoms with Crippen LogP contribution in [0.4, 0.5) is 0 Å². The number of benzene rings is 1. The Bertz CT molecular complexity index is 552. The first-order valence-electron chi connectivity index (χ1n) is 7.27. The third-order valence-corrected chi connectivity index (χ3v) is 3.71. The van der Waals surface area contributed by atoms with E-state index in [9.17, 15) is 14.4 Å². The minimum atomic E-state index is -0.194. The van der Waals surface area contributed by atoms with Crippen molar-refractivity contribution in [1.82, 2.24) is 10.2 Å². The van der Waals surface area contributed by atoms with E-state index < -0.39 is 0 Å². The van der Waals surface area contributed by atoms with Crippen LogP contribution >= 0.6 is 0 Å². The van der Waals surface area contributed by atoms with Crippen molar-refractivity contribution in [2.24, 2.45) is 0 Å². The van der Waals surface area contributed by atoms with E-state index in [-0.39, 0.29) is 49.6 Å². The van der Waals surface area contributed by atoms with Gasteiger partial charge in [-0.05, 0) is 24.6 Å². The highest BCUT2D eigenvalue weighted by molar-refractivity contribution is 6.02. The van der Waals surface area contributed by atoms with Gasteiger partial charge in [-0.25, -0.2) is 0 Å². The number of ether oxygens (including phenoxy) is 1. The van der Waals surface area contributed by atoms with Gasteiger partial charge in [-0.1, -0.05) is 12.1 Å². The minimum absolute atomic E-state index is 0.123. The Morgan fingerprint density at radius 3 is 2.36 bits per heavy atom. The number of nitrogens with zero attached hydrogens (tertiary/aromatic N) is 1. The number of imide groups is 1. The summed E-state index contributed by atoms with van der Waals surface area (Å²) in [6, 6.07) is 7.29. The Morgan fingerprint density at radius 1 is 1.23 bits per heavy atom. The van der Waals surface area contributed by atoms with E-state index in [1.165, 1.54) is 0 Å². The Labute approximate surface area is 129 Å². The summed E-state index contributed by atoms with van der Waals surface area (Å²) in [7, 11) is 1.60. The number of hydrogen-bond donors (Lipinski definition) is 1. The number of hydrogen-bond acceptors (Lipinski definition) is 4. The molecule has 22 heavy (non-hydrogen) atoms. The van der Waals surface area contributed by atoms with Crippen LogP contribution in [0.1, 0.15) is 37.8 Å². The summed E-state index contributed by atoms with van der Waals surface area (Å²) < 4.78 is 5.09. The molecule has 6 heteroatoms. The van der Waals surface area contributed by atoms with Crippen molar-refractivity contribution in [3.8, 4) is 5.75 Å². The van der Waals surface area contributed by atoms with Crippen molar-refractivity contribution in [3.63, 3.8) is 0 Å². The van der Waals surface area contributed by atoms with Gasteiger partial charge in [0.1, 0.15) is 5.75 Å². The molecule has 0 radical (unpaired) electrons. The van der Waals surface area contributed by atoms with Crippen molar-refractivity contribution in [3.05, 3.63) is 29.8 Å². The van der Waals surface area contributed by atoms with Crippen molar-refractivity contribution < 1.29 is 19.1 Å². The molecule has 1 aromatic carbocycles.